The van der Waals surface area contributed by atoms with Crippen molar-refractivity contribution in [2.24, 2.45) is 5.73 Å². The predicted octanol–water partition coefficient (Wildman–Crippen LogP) is 1.25. The lowest BCUT2D eigenvalue weighted by Crippen LogP contribution is -2.12. The maximum atomic E-state index is 5.83. The fourth-order valence-corrected chi connectivity index (χ4v) is 1.53. The second-order valence-corrected chi connectivity index (χ2v) is 3.58. The summed E-state index contributed by atoms with van der Waals surface area (Å²) in [6.45, 7) is 4.32. The first-order valence-corrected chi connectivity index (χ1v) is 4.86. The van der Waals surface area contributed by atoms with E-state index in [0.717, 1.165) is 5.69 Å². The van der Waals surface area contributed by atoms with Crippen molar-refractivity contribution in [1.29, 1.82) is 0 Å². The SMILES string of the molecule is Cc1noc(Cn2cccc2C(C)N)n1. The molecule has 1 atom stereocenters. The second-order valence-electron chi connectivity index (χ2n) is 3.58. The Hall–Kier alpha value is -1.62. The largest absolute Gasteiger partial charge is 0.341 e. The highest BCUT2D eigenvalue weighted by molar-refractivity contribution is 5.11. The van der Waals surface area contributed by atoms with Gasteiger partial charge in [0.1, 0.15) is 6.54 Å². The monoisotopic (exact) mass is 206 g/mol. The normalized spacial score (nSPS) is 13.0. The quantitative estimate of drug-likeness (QED) is 0.820. The summed E-state index contributed by atoms with van der Waals surface area (Å²) in [5.41, 5.74) is 6.89. The van der Waals surface area contributed by atoms with Gasteiger partial charge in [0, 0.05) is 17.9 Å². The molecule has 0 aliphatic heterocycles. The molecular formula is C10H14N4O. The minimum atomic E-state index is 0.00372. The average Bonchev–Trinajstić information content (AvgIpc) is 2.75. The Balaban J connectivity index is 2.20. The van der Waals surface area contributed by atoms with E-state index >= 15 is 0 Å². The fraction of sp³-hybridized carbons (Fsp3) is 0.400. The number of nitrogens with two attached hydrogens (primary N) is 1. The Kier molecular flexibility index (Phi) is 2.55. The molecule has 0 aliphatic carbocycles. The molecule has 0 amide bonds. The molecule has 2 rings (SSSR count). The third-order valence-corrected chi connectivity index (χ3v) is 2.21. The molecule has 0 saturated heterocycles. The molecule has 0 spiro atoms. The lowest BCUT2D eigenvalue weighted by Gasteiger charge is -2.09. The van der Waals surface area contributed by atoms with Gasteiger partial charge in [0.05, 0.1) is 0 Å². The van der Waals surface area contributed by atoms with Crippen molar-refractivity contribution in [2.75, 3.05) is 0 Å². The number of nitrogens with zero attached hydrogens (tertiary/aromatic N) is 3. The van der Waals surface area contributed by atoms with Crippen LogP contribution in [0.3, 0.4) is 0 Å². The Bertz CT molecular complexity index is 444. The lowest BCUT2D eigenvalue weighted by molar-refractivity contribution is 0.366. The van der Waals surface area contributed by atoms with E-state index in [1.807, 2.05) is 29.8 Å². The van der Waals surface area contributed by atoms with Gasteiger partial charge in [-0.3, -0.25) is 0 Å². The van der Waals surface area contributed by atoms with Gasteiger partial charge in [-0.1, -0.05) is 5.16 Å². The topological polar surface area (TPSA) is 69.9 Å². The highest BCUT2D eigenvalue weighted by Gasteiger charge is 2.09. The molecule has 0 aromatic carbocycles. The van der Waals surface area contributed by atoms with Crippen LogP contribution in [0.25, 0.3) is 0 Å². The summed E-state index contributed by atoms with van der Waals surface area (Å²) >= 11 is 0. The molecule has 0 aliphatic rings. The van der Waals surface area contributed by atoms with Gasteiger partial charge in [-0.05, 0) is 26.0 Å². The second kappa shape index (κ2) is 3.86. The van der Waals surface area contributed by atoms with E-state index < -0.39 is 0 Å². The summed E-state index contributed by atoms with van der Waals surface area (Å²) in [6.07, 6.45) is 1.96. The van der Waals surface area contributed by atoms with Crippen molar-refractivity contribution in [3.63, 3.8) is 0 Å². The van der Waals surface area contributed by atoms with Crippen molar-refractivity contribution >= 4 is 0 Å². The molecule has 5 heteroatoms. The predicted molar refractivity (Wildman–Crippen MR) is 55.2 cm³/mol. The van der Waals surface area contributed by atoms with Gasteiger partial charge in [-0.25, -0.2) is 0 Å². The zero-order valence-electron chi connectivity index (χ0n) is 8.84. The van der Waals surface area contributed by atoms with Crippen LogP contribution in [0.1, 0.15) is 30.4 Å². The van der Waals surface area contributed by atoms with Crippen molar-refractivity contribution < 1.29 is 4.52 Å². The van der Waals surface area contributed by atoms with Crippen LogP contribution in [0, 0.1) is 6.92 Å². The van der Waals surface area contributed by atoms with Gasteiger partial charge < -0.3 is 14.8 Å². The lowest BCUT2D eigenvalue weighted by atomic mass is 10.2. The molecular weight excluding hydrogens is 192 g/mol. The van der Waals surface area contributed by atoms with Crippen LogP contribution in [-0.2, 0) is 6.54 Å². The molecule has 0 radical (unpaired) electrons. The third kappa shape index (κ3) is 2.07. The Morgan fingerprint density at radius 3 is 3.00 bits per heavy atom. The Morgan fingerprint density at radius 2 is 2.40 bits per heavy atom. The maximum Gasteiger partial charge on any atom is 0.246 e. The number of rotatable bonds is 3. The zero-order chi connectivity index (χ0) is 10.8. The van der Waals surface area contributed by atoms with Gasteiger partial charge in [-0.15, -0.1) is 0 Å². The first kappa shape index (κ1) is 9.92. The van der Waals surface area contributed by atoms with Crippen LogP contribution in [0.15, 0.2) is 22.9 Å². The first-order chi connectivity index (χ1) is 7.16. The minimum Gasteiger partial charge on any atom is -0.341 e. The number of aryl methyl sites for hydroxylation is 1. The van der Waals surface area contributed by atoms with Crippen LogP contribution in [0.5, 0.6) is 0 Å². The fourth-order valence-electron chi connectivity index (χ4n) is 1.53. The molecule has 80 valence electrons. The maximum absolute atomic E-state index is 5.83. The highest BCUT2D eigenvalue weighted by Crippen LogP contribution is 2.12. The standard InChI is InChI=1S/C10H14N4O/c1-7(11)9-4-3-5-14(9)6-10-12-8(2)13-15-10/h3-5,7H,6,11H2,1-2H3. The highest BCUT2D eigenvalue weighted by atomic mass is 16.5. The first-order valence-electron chi connectivity index (χ1n) is 4.86. The number of aromatic nitrogens is 3. The van der Waals surface area contributed by atoms with Gasteiger partial charge in [-0.2, -0.15) is 4.98 Å². The smallest absolute Gasteiger partial charge is 0.246 e. The summed E-state index contributed by atoms with van der Waals surface area (Å²) in [5, 5.41) is 3.74. The molecule has 0 saturated carbocycles. The molecule has 15 heavy (non-hydrogen) atoms. The van der Waals surface area contributed by atoms with E-state index in [1.165, 1.54) is 0 Å². The minimum absolute atomic E-state index is 0.00372. The van der Waals surface area contributed by atoms with Crippen molar-refractivity contribution in [1.82, 2.24) is 14.7 Å². The molecule has 2 heterocycles. The van der Waals surface area contributed by atoms with Crippen molar-refractivity contribution in [2.45, 2.75) is 26.4 Å². The molecule has 1 unspecified atom stereocenters. The zero-order valence-corrected chi connectivity index (χ0v) is 8.84. The Morgan fingerprint density at radius 1 is 1.60 bits per heavy atom. The number of hydrogen-bond acceptors (Lipinski definition) is 4. The van der Waals surface area contributed by atoms with E-state index in [1.54, 1.807) is 6.92 Å². The molecule has 5 nitrogen and oxygen atoms in total. The van der Waals surface area contributed by atoms with Crippen LogP contribution in [0.2, 0.25) is 0 Å². The van der Waals surface area contributed by atoms with E-state index in [9.17, 15) is 0 Å². The van der Waals surface area contributed by atoms with E-state index in [0.29, 0.717) is 18.3 Å². The Labute approximate surface area is 87.9 Å². The molecule has 0 bridgehead atoms. The van der Waals surface area contributed by atoms with Gasteiger partial charge in [0.2, 0.25) is 5.89 Å². The van der Waals surface area contributed by atoms with E-state index in [4.69, 9.17) is 10.3 Å². The van der Waals surface area contributed by atoms with Gasteiger partial charge in [0.25, 0.3) is 0 Å². The summed E-state index contributed by atoms with van der Waals surface area (Å²) in [5.74, 6) is 1.25. The van der Waals surface area contributed by atoms with Crippen LogP contribution in [0.4, 0.5) is 0 Å². The number of hydrogen-bond donors (Lipinski definition) is 1. The van der Waals surface area contributed by atoms with Crippen LogP contribution in [-0.4, -0.2) is 14.7 Å². The molecule has 2 aromatic rings. The molecule has 0 fully saturated rings. The van der Waals surface area contributed by atoms with Gasteiger partial charge in [0.15, 0.2) is 5.82 Å². The van der Waals surface area contributed by atoms with Crippen molar-refractivity contribution in [3.8, 4) is 0 Å². The molecule has 2 N–H and O–H groups in total. The summed E-state index contributed by atoms with van der Waals surface area (Å²) in [7, 11) is 0. The third-order valence-electron chi connectivity index (χ3n) is 2.21. The summed E-state index contributed by atoms with van der Waals surface area (Å²) < 4.78 is 7.06. The summed E-state index contributed by atoms with van der Waals surface area (Å²) in [6, 6.07) is 3.96. The van der Waals surface area contributed by atoms with Crippen LogP contribution >= 0.6 is 0 Å². The molecule has 2 aromatic heterocycles. The summed E-state index contributed by atoms with van der Waals surface area (Å²) in [4.78, 5) is 4.15. The van der Waals surface area contributed by atoms with Crippen molar-refractivity contribution in [3.05, 3.63) is 35.7 Å². The van der Waals surface area contributed by atoms with E-state index in [2.05, 4.69) is 10.1 Å². The van der Waals surface area contributed by atoms with Crippen LogP contribution < -0.4 is 5.73 Å². The average molecular weight is 206 g/mol. The van der Waals surface area contributed by atoms with E-state index in [-0.39, 0.29) is 6.04 Å². The van der Waals surface area contributed by atoms with Gasteiger partial charge >= 0.3 is 0 Å².